The fraction of sp³-hybridized carbons (Fsp3) is 0.781. The van der Waals surface area contributed by atoms with E-state index in [9.17, 15) is 33.6 Å². The van der Waals surface area contributed by atoms with E-state index >= 15 is 0 Å². The summed E-state index contributed by atoms with van der Waals surface area (Å²) in [7, 11) is 0. The Labute approximate surface area is 272 Å². The van der Waals surface area contributed by atoms with Crippen molar-refractivity contribution in [2.45, 2.75) is 131 Å². The van der Waals surface area contributed by atoms with Crippen molar-refractivity contribution in [1.29, 1.82) is 0 Å². The number of esters is 1. The van der Waals surface area contributed by atoms with Crippen molar-refractivity contribution >= 4 is 41.5 Å². The van der Waals surface area contributed by atoms with Crippen LogP contribution in [0.2, 0.25) is 0 Å². The Kier molecular flexibility index (Phi) is 15.6. The van der Waals surface area contributed by atoms with Crippen molar-refractivity contribution in [1.82, 2.24) is 26.2 Å². The normalized spacial score (nSPS) is 16.9. The first kappa shape index (κ1) is 40.3. The molecule has 4 atom stereocenters. The lowest BCUT2D eigenvalue weighted by Gasteiger charge is -2.35. The summed E-state index contributed by atoms with van der Waals surface area (Å²) in [6, 6.07) is -4.14. The molecule has 0 saturated carbocycles. The highest BCUT2D eigenvalue weighted by atomic mass is 16.6. The topological polar surface area (TPSA) is 189 Å². The molecule has 1 rings (SSSR count). The van der Waals surface area contributed by atoms with Crippen molar-refractivity contribution in [3.63, 3.8) is 0 Å². The molecule has 1 fully saturated rings. The molecular weight excluding hydrogens is 598 g/mol. The van der Waals surface area contributed by atoms with Crippen LogP contribution in [0.5, 0.6) is 0 Å². The molecule has 0 bridgehead atoms. The number of nitrogens with zero attached hydrogens (tertiary/aromatic N) is 1. The van der Waals surface area contributed by atoms with Crippen LogP contribution >= 0.6 is 0 Å². The first-order valence-electron chi connectivity index (χ1n) is 16.1. The second-order valence-electron chi connectivity index (χ2n) is 14.0. The largest absolute Gasteiger partial charge is 0.464 e. The number of amides is 5. The smallest absolute Gasteiger partial charge is 0.408 e. The van der Waals surface area contributed by atoms with Gasteiger partial charge in [0.05, 0.1) is 12.6 Å². The number of hydrogen-bond acceptors (Lipinski definition) is 9. The molecule has 0 aromatic rings. The van der Waals surface area contributed by atoms with Crippen LogP contribution in [0.15, 0.2) is 0 Å². The van der Waals surface area contributed by atoms with Gasteiger partial charge in [-0.2, -0.15) is 0 Å². The number of ketones is 1. The van der Waals surface area contributed by atoms with Gasteiger partial charge in [-0.1, -0.05) is 54.9 Å². The lowest BCUT2D eigenvalue weighted by atomic mass is 9.85. The molecule has 0 aromatic carbocycles. The summed E-state index contributed by atoms with van der Waals surface area (Å²) in [5.41, 5.74) is -1.51. The third-order valence-corrected chi connectivity index (χ3v) is 7.15. The van der Waals surface area contributed by atoms with Crippen molar-refractivity contribution in [3.8, 4) is 0 Å². The molecule has 4 N–H and O–H groups in total. The van der Waals surface area contributed by atoms with Gasteiger partial charge in [0.2, 0.25) is 23.5 Å². The molecule has 0 spiro atoms. The van der Waals surface area contributed by atoms with Gasteiger partial charge in [-0.05, 0) is 57.8 Å². The van der Waals surface area contributed by atoms with Crippen LogP contribution in [-0.2, 0) is 38.2 Å². The van der Waals surface area contributed by atoms with Crippen LogP contribution in [-0.4, -0.2) is 95.8 Å². The van der Waals surface area contributed by atoms with E-state index in [2.05, 4.69) is 21.3 Å². The van der Waals surface area contributed by atoms with E-state index < -0.39 is 83.2 Å². The van der Waals surface area contributed by atoms with E-state index in [0.717, 1.165) is 0 Å². The molecule has 0 aromatic heterocycles. The van der Waals surface area contributed by atoms with E-state index in [-0.39, 0.29) is 25.5 Å². The maximum atomic E-state index is 13.8. The highest BCUT2D eigenvalue weighted by Gasteiger charge is 2.42. The Morgan fingerprint density at radius 3 is 2.04 bits per heavy atom. The molecule has 1 aliphatic heterocycles. The number of nitrogens with one attached hydrogen (secondary N) is 4. The van der Waals surface area contributed by atoms with Gasteiger partial charge in [-0.25, -0.2) is 4.79 Å². The first-order chi connectivity index (χ1) is 21.2. The number of hydrogen-bond donors (Lipinski definition) is 4. The molecule has 0 aliphatic carbocycles. The first-order valence-corrected chi connectivity index (χ1v) is 16.1. The summed E-state index contributed by atoms with van der Waals surface area (Å²) in [5.74, 6) is -4.64. The van der Waals surface area contributed by atoms with Gasteiger partial charge in [-0.3, -0.25) is 28.8 Å². The lowest BCUT2D eigenvalue weighted by Crippen LogP contribution is -2.61. The van der Waals surface area contributed by atoms with Crippen molar-refractivity contribution in [3.05, 3.63) is 0 Å². The second kappa shape index (κ2) is 17.8. The minimum absolute atomic E-state index is 0.169. The minimum Gasteiger partial charge on any atom is -0.464 e. The Morgan fingerprint density at radius 1 is 0.891 bits per heavy atom. The minimum atomic E-state index is -1.16. The molecule has 5 amide bonds. The zero-order chi connectivity index (χ0) is 35.4. The molecular formula is C32H55N5O9. The van der Waals surface area contributed by atoms with Crippen LogP contribution in [0.3, 0.4) is 0 Å². The van der Waals surface area contributed by atoms with Crippen molar-refractivity contribution in [2.24, 2.45) is 11.3 Å². The van der Waals surface area contributed by atoms with Crippen LogP contribution in [0.1, 0.15) is 101 Å². The van der Waals surface area contributed by atoms with Gasteiger partial charge < -0.3 is 35.6 Å². The fourth-order valence-corrected chi connectivity index (χ4v) is 4.82. The molecule has 1 aliphatic rings. The van der Waals surface area contributed by atoms with E-state index in [1.807, 2.05) is 6.92 Å². The molecule has 46 heavy (non-hydrogen) atoms. The average Bonchev–Trinajstić information content (AvgIpc) is 3.44. The van der Waals surface area contributed by atoms with E-state index in [0.29, 0.717) is 25.7 Å². The van der Waals surface area contributed by atoms with Gasteiger partial charge in [0.15, 0.2) is 0 Å². The number of ether oxygens (including phenoxy) is 2. The third kappa shape index (κ3) is 13.0. The van der Waals surface area contributed by atoms with Crippen LogP contribution in [0, 0.1) is 11.3 Å². The zero-order valence-corrected chi connectivity index (χ0v) is 29.2. The van der Waals surface area contributed by atoms with E-state index in [1.54, 1.807) is 62.3 Å². The van der Waals surface area contributed by atoms with Gasteiger partial charge in [0.25, 0.3) is 5.91 Å². The number of alkyl carbamates (subject to hydrolysis) is 1. The maximum absolute atomic E-state index is 13.8. The predicted molar refractivity (Wildman–Crippen MR) is 170 cm³/mol. The Bertz CT molecular complexity index is 1110. The Balaban J connectivity index is 3.06. The summed E-state index contributed by atoms with van der Waals surface area (Å²) < 4.78 is 10.2. The van der Waals surface area contributed by atoms with Gasteiger partial charge >= 0.3 is 12.1 Å². The van der Waals surface area contributed by atoms with E-state index in [1.165, 1.54) is 4.90 Å². The Morgan fingerprint density at radius 2 is 1.52 bits per heavy atom. The predicted octanol–water partition coefficient (Wildman–Crippen LogP) is 1.98. The monoisotopic (exact) mass is 653 g/mol. The Hall–Kier alpha value is -3.71. The lowest BCUT2D eigenvalue weighted by molar-refractivity contribution is -0.146. The van der Waals surface area contributed by atoms with E-state index in [4.69, 9.17) is 9.47 Å². The number of carbonyl (C=O) groups excluding carboxylic acids is 7. The standard InChI is InChI=1S/C32H55N5O9/c1-11-14-20(24(39)27(41)33-18-22(38)45-17-12-2)34-26(40)21-15-13-16-37(21)29(43)23(19(3)4)35-28(42)25(31(5,6)7)36-30(44)46-32(8,9)10/h19-21,23,25H,11-18H2,1-10H3,(H,33,41)(H,34,40)(H,35,42)(H,36,44). The van der Waals surface area contributed by atoms with Crippen LogP contribution in [0.4, 0.5) is 4.79 Å². The highest BCUT2D eigenvalue weighted by molar-refractivity contribution is 6.38. The van der Waals surface area contributed by atoms with Crippen LogP contribution in [0.25, 0.3) is 0 Å². The maximum Gasteiger partial charge on any atom is 0.408 e. The summed E-state index contributed by atoms with van der Waals surface area (Å²) in [6.07, 6.45) is 1.32. The van der Waals surface area contributed by atoms with Gasteiger partial charge in [0, 0.05) is 6.54 Å². The number of likely N-dealkylation sites (tertiary alicyclic amines) is 1. The zero-order valence-electron chi connectivity index (χ0n) is 29.2. The molecule has 14 heteroatoms. The summed E-state index contributed by atoms with van der Waals surface area (Å²) in [5, 5.41) is 10.3. The fourth-order valence-electron chi connectivity index (χ4n) is 4.82. The highest BCUT2D eigenvalue weighted by Crippen LogP contribution is 2.23. The molecule has 0 radical (unpaired) electrons. The number of Topliss-reactive ketones (excluding diaryl/α,β-unsaturated/α-hetero) is 1. The number of rotatable bonds is 15. The van der Waals surface area contributed by atoms with Crippen LogP contribution < -0.4 is 21.3 Å². The molecule has 262 valence electrons. The average molecular weight is 654 g/mol. The molecule has 14 nitrogen and oxygen atoms in total. The molecule has 1 heterocycles. The van der Waals surface area contributed by atoms with Crippen molar-refractivity contribution < 1.29 is 43.0 Å². The molecule has 1 saturated heterocycles. The summed E-state index contributed by atoms with van der Waals surface area (Å²) >= 11 is 0. The summed E-state index contributed by atoms with van der Waals surface area (Å²) in [4.78, 5) is 91.8. The van der Waals surface area contributed by atoms with Gasteiger partial charge in [0.1, 0.15) is 30.3 Å². The quantitative estimate of drug-likeness (QED) is 0.151. The summed E-state index contributed by atoms with van der Waals surface area (Å²) in [6.45, 7) is 17.5. The third-order valence-electron chi connectivity index (χ3n) is 7.15. The van der Waals surface area contributed by atoms with Crippen molar-refractivity contribution in [2.75, 3.05) is 19.7 Å². The van der Waals surface area contributed by atoms with Gasteiger partial charge in [-0.15, -0.1) is 0 Å². The number of carbonyl (C=O) groups is 7. The second-order valence-corrected chi connectivity index (χ2v) is 14.0. The SMILES string of the molecule is CCCOC(=O)CNC(=O)C(=O)C(CCC)NC(=O)C1CCCN1C(=O)C(NC(=O)C(NC(=O)OC(C)(C)C)C(C)(C)C)C(C)C. The molecule has 4 unspecified atom stereocenters.